The summed E-state index contributed by atoms with van der Waals surface area (Å²) in [7, 11) is 2.26. The summed E-state index contributed by atoms with van der Waals surface area (Å²) in [6.07, 6.45) is 7.42. The van der Waals surface area contributed by atoms with E-state index >= 15 is 0 Å². The molecule has 1 aliphatic rings. The zero-order chi connectivity index (χ0) is 13.4. The largest absolute Gasteiger partial charge is 0.396 e. The first-order valence-corrected chi connectivity index (χ1v) is 7.57. The van der Waals surface area contributed by atoms with Gasteiger partial charge >= 0.3 is 0 Å². The molecule has 0 aromatic heterocycles. The first-order valence-electron chi connectivity index (χ1n) is 7.57. The fourth-order valence-corrected chi connectivity index (χ4v) is 2.85. The minimum Gasteiger partial charge on any atom is -0.396 e. The molecule has 0 aliphatic carbocycles. The standard InChI is InChI=1S/C15H32N2O/c1-15(2,9-6-12-18)13-16-10-8-14-7-4-5-11-17(14)3/h14,16,18H,4-13H2,1-3H3. The van der Waals surface area contributed by atoms with Crippen LogP contribution in [0.4, 0.5) is 0 Å². The van der Waals surface area contributed by atoms with Crippen molar-refractivity contribution in [3.63, 3.8) is 0 Å². The minimum atomic E-state index is 0.307. The van der Waals surface area contributed by atoms with E-state index in [0.29, 0.717) is 12.0 Å². The highest BCUT2D eigenvalue weighted by atomic mass is 16.2. The van der Waals surface area contributed by atoms with Crippen LogP contribution in [0.1, 0.15) is 52.4 Å². The Hall–Kier alpha value is -0.120. The molecule has 108 valence electrons. The van der Waals surface area contributed by atoms with Crippen LogP contribution in [-0.2, 0) is 0 Å². The maximum absolute atomic E-state index is 8.87. The molecule has 0 bridgehead atoms. The van der Waals surface area contributed by atoms with Gasteiger partial charge < -0.3 is 15.3 Å². The molecule has 0 saturated carbocycles. The Morgan fingerprint density at radius 1 is 1.33 bits per heavy atom. The highest BCUT2D eigenvalue weighted by Gasteiger charge is 2.19. The number of hydrogen-bond donors (Lipinski definition) is 2. The van der Waals surface area contributed by atoms with Crippen LogP contribution in [0.25, 0.3) is 0 Å². The van der Waals surface area contributed by atoms with E-state index < -0.39 is 0 Å². The molecule has 1 fully saturated rings. The van der Waals surface area contributed by atoms with Crippen molar-refractivity contribution >= 4 is 0 Å². The van der Waals surface area contributed by atoms with Crippen molar-refractivity contribution in [1.29, 1.82) is 0 Å². The van der Waals surface area contributed by atoms with Crippen molar-refractivity contribution in [1.82, 2.24) is 10.2 Å². The third kappa shape index (κ3) is 6.17. The second kappa shape index (κ2) is 8.13. The van der Waals surface area contributed by atoms with Gasteiger partial charge in [-0.3, -0.25) is 0 Å². The lowest BCUT2D eigenvalue weighted by Gasteiger charge is -2.33. The van der Waals surface area contributed by atoms with Crippen LogP contribution in [-0.4, -0.2) is 49.3 Å². The quantitative estimate of drug-likeness (QED) is 0.654. The Bertz CT molecular complexity index is 219. The van der Waals surface area contributed by atoms with Crippen molar-refractivity contribution in [3.8, 4) is 0 Å². The van der Waals surface area contributed by atoms with E-state index in [2.05, 4.69) is 31.1 Å². The van der Waals surface area contributed by atoms with E-state index in [-0.39, 0.29) is 0 Å². The molecule has 1 saturated heterocycles. The smallest absolute Gasteiger partial charge is 0.0431 e. The van der Waals surface area contributed by atoms with Gasteiger partial charge in [0.2, 0.25) is 0 Å². The number of likely N-dealkylation sites (tertiary alicyclic amines) is 1. The molecule has 1 unspecified atom stereocenters. The number of nitrogens with one attached hydrogen (secondary N) is 1. The van der Waals surface area contributed by atoms with Gasteiger partial charge in [0, 0.05) is 19.2 Å². The molecule has 0 amide bonds. The summed E-state index contributed by atoms with van der Waals surface area (Å²) >= 11 is 0. The Labute approximate surface area is 113 Å². The lowest BCUT2D eigenvalue weighted by atomic mass is 9.88. The van der Waals surface area contributed by atoms with Crippen molar-refractivity contribution in [2.45, 2.75) is 58.4 Å². The van der Waals surface area contributed by atoms with Crippen LogP contribution in [0.3, 0.4) is 0 Å². The highest BCUT2D eigenvalue weighted by Crippen LogP contribution is 2.21. The van der Waals surface area contributed by atoms with Gasteiger partial charge in [-0.15, -0.1) is 0 Å². The van der Waals surface area contributed by atoms with E-state index in [1.54, 1.807) is 0 Å². The topological polar surface area (TPSA) is 35.5 Å². The molecule has 0 spiro atoms. The second-order valence-corrected chi connectivity index (χ2v) is 6.59. The molecule has 0 aromatic rings. The molecule has 1 heterocycles. The van der Waals surface area contributed by atoms with Crippen molar-refractivity contribution in [3.05, 3.63) is 0 Å². The molecule has 18 heavy (non-hydrogen) atoms. The summed E-state index contributed by atoms with van der Waals surface area (Å²) in [5.41, 5.74) is 0.307. The Morgan fingerprint density at radius 2 is 2.11 bits per heavy atom. The van der Waals surface area contributed by atoms with Gasteiger partial charge in [0.15, 0.2) is 0 Å². The van der Waals surface area contributed by atoms with Gasteiger partial charge in [-0.1, -0.05) is 20.3 Å². The summed E-state index contributed by atoms with van der Waals surface area (Å²) in [4.78, 5) is 2.52. The Balaban J connectivity index is 2.10. The molecule has 3 heteroatoms. The van der Waals surface area contributed by atoms with Crippen molar-refractivity contribution < 1.29 is 5.11 Å². The van der Waals surface area contributed by atoms with Gasteiger partial charge in [-0.25, -0.2) is 0 Å². The predicted molar refractivity (Wildman–Crippen MR) is 77.9 cm³/mol. The number of aliphatic hydroxyl groups excluding tert-OH is 1. The molecule has 1 atom stereocenters. The van der Waals surface area contributed by atoms with Gasteiger partial charge in [-0.2, -0.15) is 0 Å². The molecule has 3 nitrogen and oxygen atoms in total. The van der Waals surface area contributed by atoms with Crippen LogP contribution in [0.15, 0.2) is 0 Å². The summed E-state index contributed by atoms with van der Waals surface area (Å²) in [6, 6.07) is 0.784. The molecule has 1 aliphatic heterocycles. The van der Waals surface area contributed by atoms with Gasteiger partial charge in [0.1, 0.15) is 0 Å². The monoisotopic (exact) mass is 256 g/mol. The maximum Gasteiger partial charge on any atom is 0.0431 e. The Kier molecular flexibility index (Phi) is 7.20. The summed E-state index contributed by atoms with van der Waals surface area (Å²) < 4.78 is 0. The van der Waals surface area contributed by atoms with Gasteiger partial charge in [0.05, 0.1) is 0 Å². The van der Waals surface area contributed by atoms with E-state index in [9.17, 15) is 0 Å². The van der Waals surface area contributed by atoms with Gasteiger partial charge in [0.25, 0.3) is 0 Å². The SMILES string of the molecule is CN1CCCCC1CCNCC(C)(C)CCCO. The first kappa shape index (κ1) is 15.9. The minimum absolute atomic E-state index is 0.307. The average molecular weight is 256 g/mol. The first-order chi connectivity index (χ1) is 8.55. The number of nitrogens with zero attached hydrogens (tertiary/aromatic N) is 1. The van der Waals surface area contributed by atoms with Crippen LogP contribution in [0.5, 0.6) is 0 Å². The van der Waals surface area contributed by atoms with E-state index in [4.69, 9.17) is 5.11 Å². The highest BCUT2D eigenvalue weighted by molar-refractivity contribution is 4.76. The number of hydrogen-bond acceptors (Lipinski definition) is 3. The zero-order valence-electron chi connectivity index (χ0n) is 12.5. The van der Waals surface area contributed by atoms with Crippen molar-refractivity contribution in [2.75, 3.05) is 33.3 Å². The van der Waals surface area contributed by atoms with Crippen LogP contribution >= 0.6 is 0 Å². The summed E-state index contributed by atoms with van der Waals surface area (Å²) in [5.74, 6) is 0. The zero-order valence-corrected chi connectivity index (χ0v) is 12.5. The molecular formula is C15H32N2O. The van der Waals surface area contributed by atoms with E-state index in [0.717, 1.165) is 32.0 Å². The van der Waals surface area contributed by atoms with Gasteiger partial charge in [-0.05, 0) is 57.7 Å². The molecule has 0 radical (unpaired) electrons. The molecule has 0 aromatic carbocycles. The second-order valence-electron chi connectivity index (χ2n) is 6.59. The molecule has 1 rings (SSSR count). The maximum atomic E-state index is 8.87. The average Bonchev–Trinajstić information content (AvgIpc) is 2.34. The third-order valence-electron chi connectivity index (χ3n) is 4.19. The van der Waals surface area contributed by atoms with Crippen LogP contribution in [0.2, 0.25) is 0 Å². The third-order valence-corrected chi connectivity index (χ3v) is 4.19. The number of piperidine rings is 1. The lowest BCUT2D eigenvalue weighted by molar-refractivity contribution is 0.173. The molecular weight excluding hydrogens is 224 g/mol. The summed E-state index contributed by atoms with van der Waals surface area (Å²) in [5, 5.41) is 12.5. The van der Waals surface area contributed by atoms with Crippen molar-refractivity contribution in [2.24, 2.45) is 5.41 Å². The summed E-state index contributed by atoms with van der Waals surface area (Å²) in [6.45, 7) is 8.33. The lowest BCUT2D eigenvalue weighted by Crippen LogP contribution is -2.39. The van der Waals surface area contributed by atoms with E-state index in [1.165, 1.54) is 32.2 Å². The molecule has 2 N–H and O–H groups in total. The normalized spacial score (nSPS) is 22.3. The predicted octanol–water partition coefficient (Wildman–Crippen LogP) is 2.25. The fraction of sp³-hybridized carbons (Fsp3) is 1.00. The number of rotatable bonds is 8. The number of aliphatic hydroxyl groups is 1. The van der Waals surface area contributed by atoms with Crippen LogP contribution in [0, 0.1) is 5.41 Å². The Morgan fingerprint density at radius 3 is 2.78 bits per heavy atom. The fourth-order valence-electron chi connectivity index (χ4n) is 2.85. The van der Waals surface area contributed by atoms with Crippen LogP contribution < -0.4 is 5.32 Å². The van der Waals surface area contributed by atoms with E-state index in [1.807, 2.05) is 0 Å².